The molecule has 2 aromatic carbocycles. The number of rotatable bonds is 5. The first-order valence-corrected chi connectivity index (χ1v) is 10.8. The van der Waals surface area contributed by atoms with Crippen LogP contribution in [0.1, 0.15) is 11.1 Å². The summed E-state index contributed by atoms with van der Waals surface area (Å²) >= 11 is 12.3. The molecule has 0 aromatic heterocycles. The number of Topliss-reactive ketones (excluding diaryl/α,β-unsaturated/α-hetero) is 1. The van der Waals surface area contributed by atoms with Crippen molar-refractivity contribution in [1.29, 1.82) is 0 Å². The third kappa shape index (κ3) is 3.54. The van der Waals surface area contributed by atoms with Gasteiger partial charge in [0.15, 0.2) is 13.3 Å². The van der Waals surface area contributed by atoms with E-state index in [4.69, 9.17) is 37.9 Å². The molecule has 6 nitrogen and oxygen atoms in total. The zero-order valence-corrected chi connectivity index (χ0v) is 18.2. The Morgan fingerprint density at radius 3 is 2.31 bits per heavy atom. The lowest BCUT2D eigenvalue weighted by Gasteiger charge is -2.26. The van der Waals surface area contributed by atoms with E-state index in [1.165, 1.54) is 23.5 Å². The fourth-order valence-electron chi connectivity index (χ4n) is 2.97. The molecule has 148 valence electrons. The lowest BCUT2D eigenvalue weighted by Crippen LogP contribution is -2.40. The van der Waals surface area contributed by atoms with Crippen LogP contribution in [0.15, 0.2) is 60.2 Å². The zero-order chi connectivity index (χ0) is 21.6. The molecule has 0 fully saturated rings. The summed E-state index contributed by atoms with van der Waals surface area (Å²) in [5, 5.41) is 0.319. The van der Waals surface area contributed by atoms with Crippen molar-refractivity contribution >= 4 is 62.6 Å². The van der Waals surface area contributed by atoms with E-state index in [2.05, 4.69) is 0 Å². The molecule has 0 unspecified atom stereocenters. The Balaban J connectivity index is 1.97. The van der Waals surface area contributed by atoms with Gasteiger partial charge in [0.1, 0.15) is 15.7 Å². The first-order chi connectivity index (χ1) is 13.4. The van der Waals surface area contributed by atoms with Crippen LogP contribution in [0.2, 0.25) is 10.0 Å². The van der Waals surface area contributed by atoms with E-state index < -0.39 is 37.6 Å². The molecule has 0 amide bonds. The zero-order valence-electron chi connectivity index (χ0n) is 15.9. The standard InChI is InChI=1S/C17H16B3Cl2NO5S/c18-16(10-7-4-8-11(21)12(10)22)14(24)13(15(23)27-16)28-29(25,26)17(19,20)9-5-2-1-3-6-9/h1-8H,18-20,23H2/t16-/m1/s1. The fourth-order valence-corrected chi connectivity index (χ4v) is 4.46. The second-order valence-corrected chi connectivity index (χ2v) is 10.1. The quantitative estimate of drug-likeness (QED) is 0.507. The van der Waals surface area contributed by atoms with Crippen LogP contribution in [-0.2, 0) is 33.9 Å². The summed E-state index contributed by atoms with van der Waals surface area (Å²) in [6.45, 7) is 0. The van der Waals surface area contributed by atoms with E-state index in [1.54, 1.807) is 48.5 Å². The van der Waals surface area contributed by atoms with Gasteiger partial charge in [0, 0.05) is 5.56 Å². The van der Waals surface area contributed by atoms with E-state index in [0.29, 0.717) is 5.56 Å². The summed E-state index contributed by atoms with van der Waals surface area (Å²) in [5.41, 5.74) is 4.90. The molecule has 2 N–H and O–H groups in total. The number of hydrogen-bond donors (Lipinski definition) is 1. The number of benzene rings is 2. The Bertz CT molecular complexity index is 1130. The third-order valence-corrected chi connectivity index (χ3v) is 7.62. The SMILES string of the molecule is BC(B)(c1ccccc1)S(=O)(=O)OC1=C(N)O[C@](B)(c2cccc(Cl)c2Cl)C1=O. The Labute approximate surface area is 181 Å². The molecule has 1 aliphatic heterocycles. The van der Waals surface area contributed by atoms with Gasteiger partial charge in [-0.3, -0.25) is 4.79 Å². The number of ether oxygens (including phenoxy) is 1. The van der Waals surface area contributed by atoms with Crippen LogP contribution in [0, 0.1) is 0 Å². The predicted molar refractivity (Wildman–Crippen MR) is 119 cm³/mol. The normalized spacial score (nSPS) is 19.9. The number of hydrogen-bond acceptors (Lipinski definition) is 6. The highest BCUT2D eigenvalue weighted by atomic mass is 35.5. The molecular formula is C17H16B3Cl2NO5S. The second kappa shape index (κ2) is 7.34. The van der Waals surface area contributed by atoms with Crippen molar-refractivity contribution in [2.24, 2.45) is 5.73 Å². The first-order valence-electron chi connectivity index (χ1n) is 8.59. The van der Waals surface area contributed by atoms with Crippen molar-refractivity contribution < 1.29 is 22.1 Å². The summed E-state index contributed by atoms with van der Waals surface area (Å²) < 4.78 is 35.3. The highest BCUT2D eigenvalue weighted by molar-refractivity contribution is 7.90. The van der Waals surface area contributed by atoms with E-state index >= 15 is 0 Å². The molecule has 0 saturated carbocycles. The number of halogens is 2. The number of ketones is 1. The molecular weight excluding hydrogens is 434 g/mol. The van der Waals surface area contributed by atoms with Crippen LogP contribution >= 0.6 is 23.2 Å². The van der Waals surface area contributed by atoms with Crippen LogP contribution in [0.5, 0.6) is 0 Å². The molecule has 0 aliphatic carbocycles. The fraction of sp³-hybridized carbons (Fsp3) is 0.118. The second-order valence-electron chi connectivity index (χ2n) is 7.17. The van der Waals surface area contributed by atoms with Crippen LogP contribution in [0.4, 0.5) is 0 Å². The molecule has 29 heavy (non-hydrogen) atoms. The van der Waals surface area contributed by atoms with Gasteiger partial charge in [-0.2, -0.15) is 8.42 Å². The Morgan fingerprint density at radius 1 is 1.07 bits per heavy atom. The number of nitrogens with two attached hydrogens (primary N) is 1. The van der Waals surface area contributed by atoms with Crippen molar-refractivity contribution in [2.45, 2.75) is 10.0 Å². The van der Waals surface area contributed by atoms with Gasteiger partial charge in [0.2, 0.25) is 17.4 Å². The molecule has 12 heteroatoms. The first kappa shape index (κ1) is 21.7. The molecule has 2 aromatic rings. The summed E-state index contributed by atoms with van der Waals surface area (Å²) in [4.78, 5) is 13.1. The largest absolute Gasteiger partial charge is 0.467 e. The monoisotopic (exact) mass is 449 g/mol. The van der Waals surface area contributed by atoms with Crippen LogP contribution in [-0.4, -0.2) is 37.7 Å². The van der Waals surface area contributed by atoms with Crippen molar-refractivity contribution in [1.82, 2.24) is 0 Å². The number of carbonyl (C=O) groups is 1. The lowest BCUT2D eigenvalue weighted by molar-refractivity contribution is -0.126. The minimum atomic E-state index is -4.31. The van der Waals surface area contributed by atoms with Crippen LogP contribution in [0.25, 0.3) is 0 Å². The molecule has 0 saturated heterocycles. The molecule has 3 rings (SSSR count). The highest BCUT2D eigenvalue weighted by Crippen LogP contribution is 2.41. The Morgan fingerprint density at radius 2 is 1.69 bits per heavy atom. The lowest BCUT2D eigenvalue weighted by atomic mass is 9.65. The molecule has 0 bridgehead atoms. The average Bonchev–Trinajstić information content (AvgIpc) is 2.88. The third-order valence-electron chi connectivity index (χ3n) is 4.93. The maximum absolute atomic E-state index is 13.1. The summed E-state index contributed by atoms with van der Waals surface area (Å²) in [7, 11) is 0.0590. The van der Waals surface area contributed by atoms with Gasteiger partial charge >= 0.3 is 10.1 Å². The molecule has 0 spiro atoms. The van der Waals surface area contributed by atoms with E-state index in [-0.39, 0.29) is 15.6 Å². The Kier molecular flexibility index (Phi) is 5.49. The minimum Gasteiger partial charge on any atom is -0.467 e. The Hall–Kier alpha value is -2.03. The van der Waals surface area contributed by atoms with Crippen LogP contribution < -0.4 is 5.73 Å². The smallest absolute Gasteiger partial charge is 0.304 e. The van der Waals surface area contributed by atoms with E-state index in [0.717, 1.165) is 0 Å². The topological polar surface area (TPSA) is 95.7 Å². The van der Waals surface area contributed by atoms with Gasteiger partial charge in [0.05, 0.1) is 14.6 Å². The van der Waals surface area contributed by atoms with Gasteiger partial charge in [-0.1, -0.05) is 65.7 Å². The molecule has 1 atom stereocenters. The maximum atomic E-state index is 13.1. The minimum absolute atomic E-state index is 0.103. The number of carbonyl (C=O) groups excluding carboxylic acids is 1. The van der Waals surface area contributed by atoms with Crippen molar-refractivity contribution in [3.05, 3.63) is 81.3 Å². The molecule has 1 aliphatic rings. The van der Waals surface area contributed by atoms with E-state index in [1.807, 2.05) is 0 Å². The molecule has 0 radical (unpaired) electrons. The van der Waals surface area contributed by atoms with Crippen molar-refractivity contribution in [3.63, 3.8) is 0 Å². The van der Waals surface area contributed by atoms with Gasteiger partial charge in [0.25, 0.3) is 0 Å². The van der Waals surface area contributed by atoms with Gasteiger partial charge < -0.3 is 14.7 Å². The summed E-state index contributed by atoms with van der Waals surface area (Å²) in [6, 6.07) is 13.2. The highest BCUT2D eigenvalue weighted by Gasteiger charge is 2.51. The molecule has 1 heterocycles. The maximum Gasteiger partial charge on any atom is 0.304 e. The van der Waals surface area contributed by atoms with Crippen LogP contribution in [0.3, 0.4) is 0 Å². The van der Waals surface area contributed by atoms with Gasteiger partial charge in [-0.25, -0.2) is 0 Å². The summed E-state index contributed by atoms with van der Waals surface area (Å²) in [6.07, 6.45) is 0. The van der Waals surface area contributed by atoms with Gasteiger partial charge in [-0.05, 0) is 11.6 Å². The average molecular weight is 450 g/mol. The summed E-state index contributed by atoms with van der Waals surface area (Å²) in [5.74, 6) is -1.81. The van der Waals surface area contributed by atoms with Crippen molar-refractivity contribution in [2.75, 3.05) is 0 Å². The van der Waals surface area contributed by atoms with Crippen molar-refractivity contribution in [3.8, 4) is 0 Å². The van der Waals surface area contributed by atoms with E-state index in [9.17, 15) is 13.2 Å². The predicted octanol–water partition coefficient (Wildman–Crippen LogP) is -0.0705. The van der Waals surface area contributed by atoms with Gasteiger partial charge in [-0.15, -0.1) is 0 Å².